The molecule has 3 rings (SSSR count). The Balaban J connectivity index is 1.38. The fourth-order valence-electron chi connectivity index (χ4n) is 3.30. The molecule has 2 fully saturated rings. The third kappa shape index (κ3) is 4.98. The molecule has 1 aromatic carbocycles. The van der Waals surface area contributed by atoms with Gasteiger partial charge in [-0.15, -0.1) is 0 Å². The minimum Gasteiger partial charge on any atom is -0.346 e. The van der Waals surface area contributed by atoms with Gasteiger partial charge in [0.05, 0.1) is 19.1 Å². The normalized spacial score (nSPS) is 23.0. The summed E-state index contributed by atoms with van der Waals surface area (Å²) in [5, 5.41) is 4.96. The van der Waals surface area contributed by atoms with E-state index in [0.717, 1.165) is 19.6 Å². The minimum absolute atomic E-state index is 0.152. The Morgan fingerprint density at radius 3 is 2.46 bits per heavy atom. The molecule has 142 valence electrons. The van der Waals surface area contributed by atoms with Crippen molar-refractivity contribution in [1.29, 1.82) is 0 Å². The average molecular weight is 366 g/mol. The van der Waals surface area contributed by atoms with Crippen molar-refractivity contribution in [3.8, 4) is 0 Å². The number of halogens is 2. The monoisotopic (exact) mass is 366 g/mol. The number of benzene rings is 1. The summed E-state index contributed by atoms with van der Waals surface area (Å²) in [6.45, 7) is 2.93. The quantitative estimate of drug-likeness (QED) is 0.794. The fourth-order valence-corrected chi connectivity index (χ4v) is 3.30. The lowest BCUT2D eigenvalue weighted by Gasteiger charge is -2.34. The van der Waals surface area contributed by atoms with Gasteiger partial charge in [0, 0.05) is 39.1 Å². The van der Waals surface area contributed by atoms with Crippen LogP contribution in [0.4, 0.5) is 8.78 Å². The number of rotatable bonds is 5. The molecule has 2 aliphatic rings. The number of alkyl halides is 2. The first-order valence-electron chi connectivity index (χ1n) is 8.86. The Hall–Kier alpha value is -2.06. The highest BCUT2D eigenvalue weighted by molar-refractivity contribution is 5.87. The summed E-state index contributed by atoms with van der Waals surface area (Å²) < 4.78 is 26.2. The van der Waals surface area contributed by atoms with Gasteiger partial charge < -0.3 is 10.2 Å². The van der Waals surface area contributed by atoms with E-state index in [4.69, 9.17) is 0 Å². The van der Waals surface area contributed by atoms with Crippen LogP contribution in [0.5, 0.6) is 0 Å². The van der Waals surface area contributed by atoms with Crippen LogP contribution >= 0.6 is 0 Å². The van der Waals surface area contributed by atoms with Crippen molar-refractivity contribution in [1.82, 2.24) is 20.4 Å². The van der Waals surface area contributed by atoms with Crippen molar-refractivity contribution >= 4 is 11.8 Å². The molecule has 2 saturated heterocycles. The molecule has 8 heteroatoms. The zero-order valence-corrected chi connectivity index (χ0v) is 14.6. The molecule has 1 unspecified atom stereocenters. The molecule has 0 aromatic heterocycles. The number of hydrogen-bond acceptors (Lipinski definition) is 4. The predicted molar refractivity (Wildman–Crippen MR) is 92.7 cm³/mol. The molecule has 0 bridgehead atoms. The molecule has 2 N–H and O–H groups in total. The highest BCUT2D eigenvalue weighted by Crippen LogP contribution is 2.24. The maximum absolute atomic E-state index is 13.1. The molecule has 6 nitrogen and oxygen atoms in total. The highest BCUT2D eigenvalue weighted by atomic mass is 19.3. The van der Waals surface area contributed by atoms with E-state index >= 15 is 0 Å². The SMILES string of the molecule is O=C(NCC(=O)N1CCN(Cc2ccccc2)CC1)C1CC(F)(F)CN1. The zero-order chi connectivity index (χ0) is 18.6. The second kappa shape index (κ2) is 8.09. The van der Waals surface area contributed by atoms with Crippen molar-refractivity contribution in [2.75, 3.05) is 39.3 Å². The molecule has 0 saturated carbocycles. The third-order valence-electron chi connectivity index (χ3n) is 4.81. The van der Waals surface area contributed by atoms with E-state index in [9.17, 15) is 18.4 Å². The van der Waals surface area contributed by atoms with Crippen LogP contribution in [0.1, 0.15) is 12.0 Å². The Morgan fingerprint density at radius 2 is 1.85 bits per heavy atom. The predicted octanol–water partition coefficient (Wildman–Crippen LogP) is 0.444. The van der Waals surface area contributed by atoms with Crippen LogP contribution in [0.15, 0.2) is 30.3 Å². The van der Waals surface area contributed by atoms with Crippen molar-refractivity contribution in [2.45, 2.75) is 24.9 Å². The van der Waals surface area contributed by atoms with Crippen LogP contribution in [-0.4, -0.2) is 72.8 Å². The van der Waals surface area contributed by atoms with Gasteiger partial charge in [0.25, 0.3) is 5.92 Å². The zero-order valence-electron chi connectivity index (χ0n) is 14.6. The van der Waals surface area contributed by atoms with Crippen LogP contribution in [0, 0.1) is 0 Å². The minimum atomic E-state index is -2.86. The summed E-state index contributed by atoms with van der Waals surface area (Å²) in [7, 11) is 0. The molecule has 2 heterocycles. The molecule has 26 heavy (non-hydrogen) atoms. The molecule has 2 aliphatic heterocycles. The lowest BCUT2D eigenvalue weighted by atomic mass is 10.2. The lowest BCUT2D eigenvalue weighted by Crippen LogP contribution is -2.52. The van der Waals surface area contributed by atoms with Gasteiger partial charge in [0.15, 0.2) is 0 Å². The van der Waals surface area contributed by atoms with Gasteiger partial charge in [-0.3, -0.25) is 19.8 Å². The summed E-state index contributed by atoms with van der Waals surface area (Å²) >= 11 is 0. The van der Waals surface area contributed by atoms with E-state index in [0.29, 0.717) is 13.1 Å². The first-order valence-corrected chi connectivity index (χ1v) is 8.86. The van der Waals surface area contributed by atoms with E-state index in [1.807, 2.05) is 18.2 Å². The molecule has 0 aliphatic carbocycles. The number of hydrogen-bond donors (Lipinski definition) is 2. The Bertz CT molecular complexity index is 633. The second-order valence-electron chi connectivity index (χ2n) is 6.85. The van der Waals surface area contributed by atoms with Crippen LogP contribution < -0.4 is 10.6 Å². The largest absolute Gasteiger partial charge is 0.346 e. The molecular weight excluding hydrogens is 342 g/mol. The maximum Gasteiger partial charge on any atom is 0.262 e. The van der Waals surface area contributed by atoms with E-state index in [1.165, 1.54) is 5.56 Å². The number of nitrogens with one attached hydrogen (secondary N) is 2. The van der Waals surface area contributed by atoms with E-state index in [1.54, 1.807) is 4.90 Å². The topological polar surface area (TPSA) is 64.7 Å². The summed E-state index contributed by atoms with van der Waals surface area (Å²) in [6, 6.07) is 9.22. The summed E-state index contributed by atoms with van der Waals surface area (Å²) in [4.78, 5) is 28.1. The van der Waals surface area contributed by atoms with E-state index < -0.39 is 30.8 Å². The first-order chi connectivity index (χ1) is 12.4. The molecule has 0 spiro atoms. The second-order valence-corrected chi connectivity index (χ2v) is 6.85. The standard InChI is InChI=1S/C18H24F2N4O2/c19-18(20)10-15(22-13-18)17(26)21-11-16(25)24-8-6-23(7-9-24)12-14-4-2-1-3-5-14/h1-5,15,22H,6-13H2,(H,21,26). The average Bonchev–Trinajstić information content (AvgIpc) is 3.01. The van der Waals surface area contributed by atoms with Gasteiger partial charge in [0.2, 0.25) is 11.8 Å². The Morgan fingerprint density at radius 1 is 1.15 bits per heavy atom. The third-order valence-corrected chi connectivity index (χ3v) is 4.81. The maximum atomic E-state index is 13.1. The van der Waals surface area contributed by atoms with Crippen LogP contribution in [-0.2, 0) is 16.1 Å². The van der Waals surface area contributed by atoms with Crippen molar-refractivity contribution in [3.63, 3.8) is 0 Å². The first kappa shape index (κ1) is 18.7. The Kier molecular flexibility index (Phi) is 5.83. The highest BCUT2D eigenvalue weighted by Gasteiger charge is 2.42. The van der Waals surface area contributed by atoms with Crippen LogP contribution in [0.25, 0.3) is 0 Å². The summed E-state index contributed by atoms with van der Waals surface area (Å²) in [6.07, 6.45) is -0.523. The van der Waals surface area contributed by atoms with E-state index in [-0.39, 0.29) is 12.5 Å². The summed E-state index contributed by atoms with van der Waals surface area (Å²) in [5.74, 6) is -3.58. The van der Waals surface area contributed by atoms with Gasteiger partial charge in [-0.25, -0.2) is 8.78 Å². The molecule has 1 atom stereocenters. The van der Waals surface area contributed by atoms with Crippen molar-refractivity contribution < 1.29 is 18.4 Å². The molecule has 1 aromatic rings. The van der Waals surface area contributed by atoms with Crippen molar-refractivity contribution in [2.24, 2.45) is 0 Å². The number of carbonyl (C=O) groups excluding carboxylic acids is 2. The van der Waals surface area contributed by atoms with Gasteiger partial charge in [-0.05, 0) is 5.56 Å². The summed E-state index contributed by atoms with van der Waals surface area (Å²) in [5.41, 5.74) is 1.24. The van der Waals surface area contributed by atoms with Crippen molar-refractivity contribution in [3.05, 3.63) is 35.9 Å². The van der Waals surface area contributed by atoms with Gasteiger partial charge >= 0.3 is 0 Å². The molecule has 2 amide bonds. The number of amides is 2. The van der Waals surface area contributed by atoms with Gasteiger partial charge in [-0.1, -0.05) is 30.3 Å². The van der Waals surface area contributed by atoms with Crippen LogP contribution in [0.3, 0.4) is 0 Å². The van der Waals surface area contributed by atoms with Gasteiger partial charge in [-0.2, -0.15) is 0 Å². The van der Waals surface area contributed by atoms with E-state index in [2.05, 4.69) is 27.7 Å². The van der Waals surface area contributed by atoms with Gasteiger partial charge in [0.1, 0.15) is 0 Å². The van der Waals surface area contributed by atoms with Crippen LogP contribution in [0.2, 0.25) is 0 Å². The fraction of sp³-hybridized carbons (Fsp3) is 0.556. The lowest BCUT2D eigenvalue weighted by molar-refractivity contribution is -0.134. The number of carbonyl (C=O) groups is 2. The number of nitrogens with zero attached hydrogens (tertiary/aromatic N) is 2. The molecular formula is C18H24F2N4O2. The Labute approximate surface area is 151 Å². The number of piperazine rings is 1. The molecule has 0 radical (unpaired) electrons. The smallest absolute Gasteiger partial charge is 0.262 e.